The summed E-state index contributed by atoms with van der Waals surface area (Å²) in [5, 5.41) is 9.59. The number of aryl methyl sites for hydroxylation is 1. The van der Waals surface area contributed by atoms with Gasteiger partial charge in [-0.15, -0.1) is 0 Å². The van der Waals surface area contributed by atoms with E-state index >= 15 is 0 Å². The SMILES string of the molecule is CCOC(=O)C(CCc1ccccc1)N(C(C)=O)[C@@H](CCCCN)C(=O)N1CCC[C@H]1C(=O)O. The number of carbonyl (C=O) groups excluding carboxylic acids is 3. The molecule has 2 amide bonds. The van der Waals surface area contributed by atoms with Gasteiger partial charge in [-0.1, -0.05) is 30.3 Å². The lowest BCUT2D eigenvalue weighted by atomic mass is 9.99. The maximum Gasteiger partial charge on any atom is 0.328 e. The van der Waals surface area contributed by atoms with Gasteiger partial charge in [-0.3, -0.25) is 9.59 Å². The topological polar surface area (TPSA) is 130 Å². The van der Waals surface area contributed by atoms with Crippen molar-refractivity contribution >= 4 is 23.8 Å². The van der Waals surface area contributed by atoms with Gasteiger partial charge >= 0.3 is 11.9 Å². The number of likely N-dealkylation sites (tertiary alicyclic amines) is 1. The molecule has 1 heterocycles. The highest BCUT2D eigenvalue weighted by molar-refractivity contribution is 5.92. The Balaban J connectivity index is 2.39. The minimum atomic E-state index is -1.06. The van der Waals surface area contributed by atoms with Crippen molar-refractivity contribution in [2.24, 2.45) is 5.73 Å². The van der Waals surface area contributed by atoms with E-state index in [2.05, 4.69) is 0 Å². The highest BCUT2D eigenvalue weighted by Crippen LogP contribution is 2.25. The van der Waals surface area contributed by atoms with Crippen molar-refractivity contribution in [2.45, 2.75) is 76.9 Å². The second-order valence-electron chi connectivity index (χ2n) is 8.55. The summed E-state index contributed by atoms with van der Waals surface area (Å²) in [6.45, 7) is 3.90. The van der Waals surface area contributed by atoms with Gasteiger partial charge in [0.25, 0.3) is 0 Å². The number of carboxylic acid groups (broad SMARTS) is 1. The van der Waals surface area contributed by atoms with Crippen LogP contribution in [-0.4, -0.2) is 76.5 Å². The molecule has 1 saturated heterocycles. The van der Waals surface area contributed by atoms with Crippen LogP contribution in [0.4, 0.5) is 0 Å². The Morgan fingerprint density at radius 1 is 1.15 bits per heavy atom. The zero-order valence-corrected chi connectivity index (χ0v) is 20.2. The summed E-state index contributed by atoms with van der Waals surface area (Å²) in [5.41, 5.74) is 6.64. The third-order valence-corrected chi connectivity index (χ3v) is 6.18. The summed E-state index contributed by atoms with van der Waals surface area (Å²) >= 11 is 0. The van der Waals surface area contributed by atoms with Crippen molar-refractivity contribution in [2.75, 3.05) is 19.7 Å². The maximum absolute atomic E-state index is 13.6. The van der Waals surface area contributed by atoms with E-state index in [0.717, 1.165) is 5.56 Å². The summed E-state index contributed by atoms with van der Waals surface area (Å²) < 4.78 is 5.29. The van der Waals surface area contributed by atoms with E-state index in [4.69, 9.17) is 10.5 Å². The van der Waals surface area contributed by atoms with Gasteiger partial charge in [0.2, 0.25) is 11.8 Å². The standard InChI is InChI=1S/C25H37N3O6/c1-3-34-25(33)22(15-14-19-10-5-4-6-11-19)28(18(2)29)20(12-7-8-16-26)23(30)27-17-9-13-21(27)24(31)32/h4-6,10-11,20-22H,3,7-9,12-17,26H2,1-2H3,(H,31,32)/t20-,21-,22?/m0/s1. The first-order valence-corrected chi connectivity index (χ1v) is 12.0. The molecule has 0 aliphatic carbocycles. The fourth-order valence-electron chi connectivity index (χ4n) is 4.56. The number of rotatable bonds is 13. The molecular weight excluding hydrogens is 438 g/mol. The molecule has 9 nitrogen and oxygen atoms in total. The van der Waals surface area contributed by atoms with Crippen LogP contribution in [0.25, 0.3) is 0 Å². The van der Waals surface area contributed by atoms with Crippen molar-refractivity contribution in [3.8, 4) is 0 Å². The molecule has 9 heteroatoms. The van der Waals surface area contributed by atoms with Gasteiger partial charge in [0.15, 0.2) is 0 Å². The third-order valence-electron chi connectivity index (χ3n) is 6.18. The summed E-state index contributed by atoms with van der Waals surface area (Å²) in [6, 6.07) is 6.72. The highest BCUT2D eigenvalue weighted by atomic mass is 16.5. The largest absolute Gasteiger partial charge is 0.480 e. The molecule has 1 aromatic rings. The van der Waals surface area contributed by atoms with Gasteiger partial charge in [-0.05, 0) is 64.0 Å². The first-order valence-electron chi connectivity index (χ1n) is 12.0. The van der Waals surface area contributed by atoms with E-state index in [1.54, 1.807) is 6.92 Å². The number of ether oxygens (including phenoxy) is 1. The number of esters is 1. The Kier molecular flexibility index (Phi) is 11.0. The molecule has 0 saturated carbocycles. The number of benzene rings is 1. The monoisotopic (exact) mass is 475 g/mol. The molecular formula is C25H37N3O6. The van der Waals surface area contributed by atoms with Crippen molar-refractivity contribution in [3.63, 3.8) is 0 Å². The lowest BCUT2D eigenvalue weighted by Gasteiger charge is -2.38. The number of hydrogen-bond donors (Lipinski definition) is 2. The predicted octanol–water partition coefficient (Wildman–Crippen LogP) is 1.97. The Labute approximate surface area is 201 Å². The van der Waals surface area contributed by atoms with Crippen LogP contribution in [0.2, 0.25) is 0 Å². The molecule has 1 fully saturated rings. The van der Waals surface area contributed by atoms with Crippen LogP contribution in [0.3, 0.4) is 0 Å². The van der Waals surface area contributed by atoms with Gasteiger partial charge in [-0.25, -0.2) is 9.59 Å². The van der Waals surface area contributed by atoms with Gasteiger partial charge in [0, 0.05) is 13.5 Å². The molecule has 1 aliphatic rings. The average Bonchev–Trinajstić information content (AvgIpc) is 3.31. The first-order chi connectivity index (χ1) is 16.3. The predicted molar refractivity (Wildman–Crippen MR) is 127 cm³/mol. The van der Waals surface area contributed by atoms with Crippen LogP contribution >= 0.6 is 0 Å². The number of aliphatic carboxylic acids is 1. The molecule has 2 rings (SSSR count). The molecule has 1 unspecified atom stereocenters. The van der Waals surface area contributed by atoms with Crippen molar-refractivity contribution in [1.29, 1.82) is 0 Å². The van der Waals surface area contributed by atoms with Crippen molar-refractivity contribution in [3.05, 3.63) is 35.9 Å². The summed E-state index contributed by atoms with van der Waals surface area (Å²) in [5.74, 6) is -2.50. The van der Waals surface area contributed by atoms with Crippen LogP contribution in [-0.2, 0) is 30.3 Å². The lowest BCUT2D eigenvalue weighted by molar-refractivity contribution is -0.162. The number of nitrogens with zero attached hydrogens (tertiary/aromatic N) is 2. The van der Waals surface area contributed by atoms with Crippen molar-refractivity contribution in [1.82, 2.24) is 9.80 Å². The number of carboxylic acids is 1. The van der Waals surface area contributed by atoms with E-state index in [-0.39, 0.29) is 13.0 Å². The minimum Gasteiger partial charge on any atom is -0.480 e. The van der Waals surface area contributed by atoms with E-state index < -0.39 is 41.9 Å². The van der Waals surface area contributed by atoms with Crippen LogP contribution < -0.4 is 5.73 Å². The average molecular weight is 476 g/mol. The number of nitrogens with two attached hydrogens (primary N) is 1. The van der Waals surface area contributed by atoms with Gasteiger partial charge in [-0.2, -0.15) is 0 Å². The molecule has 3 N–H and O–H groups in total. The van der Waals surface area contributed by atoms with Crippen LogP contribution in [0.5, 0.6) is 0 Å². The fraction of sp³-hybridized carbons (Fsp3) is 0.600. The van der Waals surface area contributed by atoms with Crippen LogP contribution in [0, 0.1) is 0 Å². The molecule has 34 heavy (non-hydrogen) atoms. The van der Waals surface area contributed by atoms with Crippen LogP contribution in [0.15, 0.2) is 30.3 Å². The van der Waals surface area contributed by atoms with E-state index in [1.807, 2.05) is 30.3 Å². The summed E-state index contributed by atoms with van der Waals surface area (Å²) in [4.78, 5) is 54.0. The molecule has 0 spiro atoms. The maximum atomic E-state index is 13.6. The molecule has 1 aliphatic heterocycles. The second kappa shape index (κ2) is 13.7. The fourth-order valence-corrected chi connectivity index (χ4v) is 4.56. The Bertz CT molecular complexity index is 831. The number of carbonyl (C=O) groups is 4. The molecule has 0 radical (unpaired) electrons. The number of amides is 2. The lowest BCUT2D eigenvalue weighted by Crippen LogP contribution is -2.58. The zero-order valence-electron chi connectivity index (χ0n) is 20.2. The quantitative estimate of drug-likeness (QED) is 0.329. The Morgan fingerprint density at radius 3 is 2.44 bits per heavy atom. The molecule has 3 atom stereocenters. The third kappa shape index (κ3) is 7.28. The zero-order chi connectivity index (χ0) is 25.1. The van der Waals surface area contributed by atoms with Gasteiger partial charge in [0.1, 0.15) is 18.1 Å². The Morgan fingerprint density at radius 2 is 1.85 bits per heavy atom. The molecule has 0 bridgehead atoms. The Hall–Kier alpha value is -2.94. The van der Waals surface area contributed by atoms with E-state index in [9.17, 15) is 24.3 Å². The smallest absolute Gasteiger partial charge is 0.328 e. The highest BCUT2D eigenvalue weighted by Gasteiger charge is 2.43. The minimum absolute atomic E-state index is 0.144. The van der Waals surface area contributed by atoms with Gasteiger partial charge in [0.05, 0.1) is 6.61 Å². The van der Waals surface area contributed by atoms with Crippen LogP contribution in [0.1, 0.15) is 57.9 Å². The summed E-state index contributed by atoms with van der Waals surface area (Å²) in [7, 11) is 0. The molecule has 188 valence electrons. The second-order valence-corrected chi connectivity index (χ2v) is 8.55. The normalized spacial score (nSPS) is 17.1. The first kappa shape index (κ1) is 27.3. The molecule has 1 aromatic carbocycles. The molecule has 0 aromatic heterocycles. The van der Waals surface area contributed by atoms with E-state index in [0.29, 0.717) is 51.6 Å². The number of hydrogen-bond acceptors (Lipinski definition) is 6. The summed E-state index contributed by atoms with van der Waals surface area (Å²) in [6.07, 6.45) is 3.24. The number of unbranched alkanes of at least 4 members (excludes halogenated alkanes) is 1. The van der Waals surface area contributed by atoms with E-state index in [1.165, 1.54) is 16.7 Å². The van der Waals surface area contributed by atoms with Crippen molar-refractivity contribution < 1.29 is 29.0 Å². The van der Waals surface area contributed by atoms with Gasteiger partial charge < -0.3 is 25.4 Å².